The summed E-state index contributed by atoms with van der Waals surface area (Å²) < 4.78 is 2.38. The fourth-order valence-corrected chi connectivity index (χ4v) is 10.8. The molecule has 0 aliphatic heterocycles. The zero-order valence-electron chi connectivity index (χ0n) is 34.9. The third kappa shape index (κ3) is 10.5. The molecular weight excluding hydrogens is 788 g/mol. The van der Waals surface area contributed by atoms with Crippen molar-refractivity contribution in [3.05, 3.63) is 67.9 Å². The molecule has 0 saturated carbocycles. The van der Waals surface area contributed by atoms with Crippen LogP contribution >= 0.6 is 31.9 Å². The van der Waals surface area contributed by atoms with Crippen molar-refractivity contribution in [1.82, 2.24) is 9.97 Å². The molecule has 0 N–H and O–H groups in total. The first-order valence-electron chi connectivity index (χ1n) is 23.0. The van der Waals surface area contributed by atoms with E-state index in [1.54, 1.807) is 0 Å². The maximum absolute atomic E-state index is 6.00. The molecule has 0 saturated heterocycles. The van der Waals surface area contributed by atoms with Gasteiger partial charge in [0.1, 0.15) is 0 Å². The van der Waals surface area contributed by atoms with Gasteiger partial charge in [0, 0.05) is 30.9 Å². The second-order valence-electron chi connectivity index (χ2n) is 17.2. The minimum atomic E-state index is -0.0781. The summed E-state index contributed by atoms with van der Waals surface area (Å²) >= 11 is 7.88. The Bertz CT molecular complexity index is 1430. The third-order valence-corrected chi connectivity index (χ3v) is 14.1. The number of unbranched alkanes of at least 4 members (excludes halogenated alkanes) is 20. The van der Waals surface area contributed by atoms with Gasteiger partial charge in [-0.3, -0.25) is 0 Å². The van der Waals surface area contributed by atoms with Crippen molar-refractivity contribution in [3.63, 3.8) is 0 Å². The highest BCUT2D eigenvalue weighted by molar-refractivity contribution is 9.10. The summed E-state index contributed by atoms with van der Waals surface area (Å²) in [6, 6.07) is 14.2. The summed E-state index contributed by atoms with van der Waals surface area (Å²) in [4.78, 5) is 12.0. The SMILES string of the molecule is CCCCCCCCC1(CCCCCCCC)c2cc(Br)ccc2-c2nc3c(nc21)-c1ccc(Br)cc1C3(CCCCCCCC)CCCCCCCC. The Kier molecular flexibility index (Phi) is 18.1. The molecule has 2 aliphatic carbocycles. The van der Waals surface area contributed by atoms with Gasteiger partial charge in [-0.15, -0.1) is 0 Å². The van der Waals surface area contributed by atoms with Crippen LogP contribution in [0.15, 0.2) is 45.3 Å². The number of fused-ring (bicyclic) bond motifs is 6. The van der Waals surface area contributed by atoms with E-state index in [0.717, 1.165) is 0 Å². The van der Waals surface area contributed by atoms with Crippen LogP contribution in [0.2, 0.25) is 0 Å². The van der Waals surface area contributed by atoms with Crippen LogP contribution in [-0.4, -0.2) is 9.97 Å². The summed E-state index contributed by atoms with van der Waals surface area (Å²) in [5, 5.41) is 0. The van der Waals surface area contributed by atoms with Crippen LogP contribution < -0.4 is 0 Å². The Hall–Kier alpha value is -1.52. The molecule has 54 heavy (non-hydrogen) atoms. The van der Waals surface area contributed by atoms with Gasteiger partial charge in [0.05, 0.1) is 22.8 Å². The molecule has 4 heteroatoms. The first-order valence-corrected chi connectivity index (χ1v) is 24.6. The number of aromatic nitrogens is 2. The number of nitrogens with zero attached hydrogens (tertiary/aromatic N) is 2. The highest BCUT2D eigenvalue weighted by Gasteiger charge is 2.50. The Morgan fingerprint density at radius 1 is 0.389 bits per heavy atom. The van der Waals surface area contributed by atoms with E-state index >= 15 is 0 Å². The van der Waals surface area contributed by atoms with Crippen molar-refractivity contribution in [2.24, 2.45) is 0 Å². The lowest BCUT2D eigenvalue weighted by Crippen LogP contribution is -2.29. The Morgan fingerprint density at radius 2 is 0.667 bits per heavy atom. The van der Waals surface area contributed by atoms with E-state index in [4.69, 9.17) is 9.97 Å². The topological polar surface area (TPSA) is 25.8 Å². The van der Waals surface area contributed by atoms with Crippen molar-refractivity contribution < 1.29 is 0 Å². The van der Waals surface area contributed by atoms with E-state index < -0.39 is 0 Å². The standard InChI is InChI=1S/C50H74Br2N2/c1-5-9-13-17-21-25-33-49(34-26-22-18-14-10-6-2)43-37-39(51)29-31-41(43)45-47(49)53-46-42-32-30-40(52)38-44(42)50(48(46)54-45,35-27-23-19-15-11-7-3)36-28-24-20-16-12-8-4/h29-32,37-38H,5-28,33-36H2,1-4H3. The highest BCUT2D eigenvalue weighted by atomic mass is 79.9. The van der Waals surface area contributed by atoms with Gasteiger partial charge < -0.3 is 0 Å². The third-order valence-electron chi connectivity index (χ3n) is 13.1. The molecule has 1 heterocycles. The molecule has 2 aliphatic rings. The van der Waals surface area contributed by atoms with E-state index in [2.05, 4.69) is 96.0 Å². The molecule has 2 nitrogen and oxygen atoms in total. The fraction of sp³-hybridized carbons (Fsp3) is 0.680. The number of hydrogen-bond donors (Lipinski definition) is 0. The molecule has 1 aromatic heterocycles. The van der Waals surface area contributed by atoms with Gasteiger partial charge in [-0.2, -0.15) is 0 Å². The Balaban J connectivity index is 1.59. The molecule has 0 amide bonds. The van der Waals surface area contributed by atoms with Crippen LogP contribution in [0.25, 0.3) is 22.5 Å². The van der Waals surface area contributed by atoms with Crippen LogP contribution in [0, 0.1) is 0 Å². The van der Waals surface area contributed by atoms with E-state index in [1.165, 1.54) is 234 Å². The first kappa shape index (κ1) is 43.6. The predicted molar refractivity (Wildman–Crippen MR) is 242 cm³/mol. The zero-order valence-corrected chi connectivity index (χ0v) is 38.1. The molecule has 5 rings (SSSR count). The number of hydrogen-bond acceptors (Lipinski definition) is 2. The average Bonchev–Trinajstić information content (AvgIpc) is 3.58. The average molecular weight is 863 g/mol. The molecule has 3 aromatic rings. The largest absolute Gasteiger partial charge is 0.248 e. The van der Waals surface area contributed by atoms with Crippen LogP contribution in [0.4, 0.5) is 0 Å². The van der Waals surface area contributed by atoms with E-state index in [-0.39, 0.29) is 10.8 Å². The van der Waals surface area contributed by atoms with Crippen LogP contribution in [0.1, 0.15) is 230 Å². The molecule has 0 atom stereocenters. The molecule has 2 aromatic carbocycles. The molecule has 298 valence electrons. The molecular formula is C50H74Br2N2. The second-order valence-corrected chi connectivity index (χ2v) is 19.1. The quantitative estimate of drug-likeness (QED) is 0.0680. The van der Waals surface area contributed by atoms with E-state index in [0.29, 0.717) is 0 Å². The Labute approximate surface area is 348 Å². The van der Waals surface area contributed by atoms with Crippen molar-refractivity contribution in [3.8, 4) is 22.5 Å². The van der Waals surface area contributed by atoms with Gasteiger partial charge in [-0.25, -0.2) is 9.97 Å². The predicted octanol–water partition coefficient (Wildman–Crippen LogP) is 17.5. The summed E-state index contributed by atoms with van der Waals surface area (Å²) in [6.07, 6.45) is 36.4. The first-order chi connectivity index (χ1) is 26.5. The number of rotatable bonds is 28. The van der Waals surface area contributed by atoms with Gasteiger partial charge in [0.25, 0.3) is 0 Å². The fourth-order valence-electron chi connectivity index (χ4n) is 10.1. The van der Waals surface area contributed by atoms with Gasteiger partial charge in [0.15, 0.2) is 0 Å². The second kappa shape index (κ2) is 22.4. The lowest BCUT2D eigenvalue weighted by Gasteiger charge is -2.33. The van der Waals surface area contributed by atoms with Crippen molar-refractivity contribution in [1.29, 1.82) is 0 Å². The summed E-state index contributed by atoms with van der Waals surface area (Å²) in [5.74, 6) is 0. The smallest absolute Gasteiger partial charge is 0.0934 e. The van der Waals surface area contributed by atoms with Gasteiger partial charge in [-0.1, -0.05) is 226 Å². The van der Waals surface area contributed by atoms with Gasteiger partial charge in [-0.05, 0) is 61.1 Å². The van der Waals surface area contributed by atoms with E-state index in [9.17, 15) is 0 Å². The highest BCUT2D eigenvalue weighted by Crippen LogP contribution is 2.59. The maximum atomic E-state index is 6.00. The van der Waals surface area contributed by atoms with Gasteiger partial charge >= 0.3 is 0 Å². The van der Waals surface area contributed by atoms with Crippen molar-refractivity contribution >= 4 is 31.9 Å². The van der Waals surface area contributed by atoms with Crippen molar-refractivity contribution in [2.75, 3.05) is 0 Å². The molecule has 0 spiro atoms. The van der Waals surface area contributed by atoms with E-state index in [1.807, 2.05) is 0 Å². The summed E-state index contributed by atoms with van der Waals surface area (Å²) in [6.45, 7) is 9.29. The minimum absolute atomic E-state index is 0.0781. The monoisotopic (exact) mass is 860 g/mol. The number of halogens is 2. The molecule has 0 fully saturated rings. The normalized spacial score (nSPS) is 14.6. The maximum Gasteiger partial charge on any atom is 0.0934 e. The van der Waals surface area contributed by atoms with Crippen LogP contribution in [0.5, 0.6) is 0 Å². The summed E-state index contributed by atoms with van der Waals surface area (Å²) in [5.41, 5.74) is 10.5. The summed E-state index contributed by atoms with van der Waals surface area (Å²) in [7, 11) is 0. The molecule has 0 bridgehead atoms. The minimum Gasteiger partial charge on any atom is -0.248 e. The molecule has 0 radical (unpaired) electrons. The van der Waals surface area contributed by atoms with Gasteiger partial charge in [0.2, 0.25) is 0 Å². The van der Waals surface area contributed by atoms with Crippen LogP contribution in [-0.2, 0) is 10.8 Å². The Morgan fingerprint density at radius 3 is 0.963 bits per heavy atom. The zero-order chi connectivity index (χ0) is 38.2. The van der Waals surface area contributed by atoms with Crippen LogP contribution in [0.3, 0.4) is 0 Å². The lowest BCUT2D eigenvalue weighted by atomic mass is 9.72. The van der Waals surface area contributed by atoms with Crippen molar-refractivity contribution in [2.45, 2.75) is 218 Å². The number of benzene rings is 2. The molecule has 0 unspecified atom stereocenters. The lowest BCUT2D eigenvalue weighted by molar-refractivity contribution is 0.382.